The first kappa shape index (κ1) is 37.8. The van der Waals surface area contributed by atoms with Crippen LogP contribution in [0.2, 0.25) is 0 Å². The number of alkyl halides is 3. The van der Waals surface area contributed by atoms with E-state index in [-0.39, 0.29) is 17.4 Å². The maximum Gasteiger partial charge on any atom is 0.490 e. The maximum atomic E-state index is 13.7. The summed E-state index contributed by atoms with van der Waals surface area (Å²) < 4.78 is 65.8. The first-order chi connectivity index (χ1) is 22.3. The number of carboxylic acids is 1. The number of aliphatic carboxylic acids is 1. The Labute approximate surface area is 272 Å². The van der Waals surface area contributed by atoms with Gasteiger partial charge in [-0.2, -0.15) is 17.5 Å². The van der Waals surface area contributed by atoms with Crippen molar-refractivity contribution < 1.29 is 46.1 Å². The van der Waals surface area contributed by atoms with E-state index in [4.69, 9.17) is 20.4 Å². The Morgan fingerprint density at radius 1 is 1.11 bits per heavy atom. The van der Waals surface area contributed by atoms with Crippen molar-refractivity contribution in [2.24, 2.45) is 11.7 Å². The number of nitrogens with one attached hydrogen (secondary N) is 2. The average molecular weight is 685 g/mol. The number of aliphatic hydroxyl groups excluding tert-OH is 1. The summed E-state index contributed by atoms with van der Waals surface area (Å²) in [5.41, 5.74) is 8.20. The number of para-hydroxylation sites is 1. The molecule has 1 fully saturated rings. The van der Waals surface area contributed by atoms with Gasteiger partial charge >= 0.3 is 12.1 Å². The van der Waals surface area contributed by atoms with Crippen LogP contribution >= 0.6 is 0 Å². The number of hydrogen-bond acceptors (Lipinski definition) is 7. The first-order valence-electron chi connectivity index (χ1n) is 15.4. The van der Waals surface area contributed by atoms with Crippen molar-refractivity contribution in [2.75, 3.05) is 26.8 Å². The summed E-state index contributed by atoms with van der Waals surface area (Å²) in [5.74, 6) is -2.09. The summed E-state index contributed by atoms with van der Waals surface area (Å²) in [7, 11) is -2.26. The molecule has 47 heavy (non-hydrogen) atoms. The van der Waals surface area contributed by atoms with Crippen molar-refractivity contribution in [3.63, 3.8) is 0 Å². The molecule has 2 atom stereocenters. The van der Waals surface area contributed by atoms with Gasteiger partial charge in [-0.05, 0) is 73.9 Å². The number of halogens is 3. The molecule has 0 bridgehead atoms. The molecule has 0 unspecified atom stereocenters. The number of sulfonamides is 1. The van der Waals surface area contributed by atoms with Crippen LogP contribution in [-0.4, -0.2) is 84.9 Å². The first-order valence-corrected chi connectivity index (χ1v) is 16.9. The van der Waals surface area contributed by atoms with Gasteiger partial charge < -0.3 is 31.0 Å². The number of ether oxygens (including phenoxy) is 1. The van der Waals surface area contributed by atoms with E-state index < -0.39 is 34.3 Å². The predicted octanol–water partition coefficient (Wildman–Crippen LogP) is 4.21. The van der Waals surface area contributed by atoms with Crippen LogP contribution in [0.4, 0.5) is 13.2 Å². The molecule has 1 aliphatic carbocycles. The zero-order chi connectivity index (χ0) is 34.6. The van der Waals surface area contributed by atoms with Crippen LogP contribution in [0.1, 0.15) is 50.5 Å². The van der Waals surface area contributed by atoms with Crippen molar-refractivity contribution in [1.29, 1.82) is 0 Å². The van der Waals surface area contributed by atoms with Crippen LogP contribution in [0.3, 0.4) is 0 Å². The SMILES string of the molecule is COc1ccc(S(=O)(=O)N(CC2CCCC2)[C@H](CO)CCCCNC(=O)[C@@H](N)Cc2c[nH]c3ccccc23)cc1.O=C(O)C(F)(F)F. The van der Waals surface area contributed by atoms with Gasteiger partial charge in [-0.3, -0.25) is 4.79 Å². The zero-order valence-corrected chi connectivity index (χ0v) is 27.0. The monoisotopic (exact) mass is 684 g/mol. The van der Waals surface area contributed by atoms with Gasteiger partial charge in [-0.15, -0.1) is 0 Å². The summed E-state index contributed by atoms with van der Waals surface area (Å²) in [6.07, 6.45) is 3.25. The lowest BCUT2D eigenvalue weighted by molar-refractivity contribution is -0.192. The number of rotatable bonds is 15. The molecule has 1 aromatic heterocycles. The van der Waals surface area contributed by atoms with Gasteiger partial charge in [-0.1, -0.05) is 37.5 Å². The highest BCUT2D eigenvalue weighted by Gasteiger charge is 2.38. The number of fused-ring (bicyclic) bond motifs is 1. The lowest BCUT2D eigenvalue weighted by Crippen LogP contribution is -2.45. The molecule has 0 spiro atoms. The molecule has 4 rings (SSSR count). The van der Waals surface area contributed by atoms with Gasteiger partial charge in [-0.25, -0.2) is 13.2 Å². The van der Waals surface area contributed by atoms with E-state index in [0.717, 1.165) is 42.1 Å². The molecule has 1 amide bonds. The fourth-order valence-electron chi connectivity index (χ4n) is 5.58. The third-order valence-electron chi connectivity index (χ3n) is 8.15. The fourth-order valence-corrected chi connectivity index (χ4v) is 7.30. The number of H-pyrrole nitrogens is 1. The third-order valence-corrected chi connectivity index (χ3v) is 10.1. The molecule has 1 aliphatic rings. The minimum absolute atomic E-state index is 0.196. The largest absolute Gasteiger partial charge is 0.497 e. The van der Waals surface area contributed by atoms with Crippen LogP contribution < -0.4 is 15.8 Å². The van der Waals surface area contributed by atoms with E-state index in [1.165, 1.54) is 11.4 Å². The fraction of sp³-hybridized carbons (Fsp3) is 0.500. The summed E-state index contributed by atoms with van der Waals surface area (Å²) in [6.45, 7) is 0.579. The topological polar surface area (TPSA) is 175 Å². The molecule has 2 aromatic carbocycles. The number of carbonyl (C=O) groups is 2. The molecule has 0 radical (unpaired) electrons. The van der Waals surface area contributed by atoms with E-state index in [1.807, 2.05) is 30.5 Å². The predicted molar refractivity (Wildman–Crippen MR) is 170 cm³/mol. The highest BCUT2D eigenvalue weighted by atomic mass is 32.2. The van der Waals surface area contributed by atoms with E-state index in [0.29, 0.717) is 50.4 Å². The van der Waals surface area contributed by atoms with Crippen molar-refractivity contribution in [2.45, 2.75) is 74.5 Å². The average Bonchev–Trinajstić information content (AvgIpc) is 3.72. The van der Waals surface area contributed by atoms with Gasteiger partial charge in [0.2, 0.25) is 15.9 Å². The summed E-state index contributed by atoms with van der Waals surface area (Å²) in [6, 6.07) is 13.1. The van der Waals surface area contributed by atoms with E-state index in [9.17, 15) is 31.5 Å². The third kappa shape index (κ3) is 10.9. The zero-order valence-electron chi connectivity index (χ0n) is 26.2. The highest BCUT2D eigenvalue weighted by Crippen LogP contribution is 2.30. The van der Waals surface area contributed by atoms with Gasteiger partial charge in [0.05, 0.1) is 24.7 Å². The van der Waals surface area contributed by atoms with Crippen molar-refractivity contribution in [3.05, 3.63) is 60.3 Å². The number of methoxy groups -OCH3 is 1. The molecule has 0 saturated heterocycles. The number of carbonyl (C=O) groups excluding carboxylic acids is 1. The lowest BCUT2D eigenvalue weighted by atomic mass is 10.0. The van der Waals surface area contributed by atoms with Gasteiger partial charge in [0.1, 0.15) is 5.75 Å². The number of carboxylic acid groups (broad SMARTS) is 1. The number of aromatic nitrogens is 1. The minimum atomic E-state index is -5.08. The Hall–Kier alpha value is -3.66. The quantitative estimate of drug-likeness (QED) is 0.148. The number of unbranched alkanes of at least 4 members (excludes halogenated alkanes) is 1. The number of nitrogens with zero attached hydrogens (tertiary/aromatic N) is 1. The molecule has 1 heterocycles. The smallest absolute Gasteiger partial charge is 0.490 e. The second-order valence-electron chi connectivity index (χ2n) is 11.5. The highest BCUT2D eigenvalue weighted by molar-refractivity contribution is 7.89. The number of aromatic amines is 1. The Bertz CT molecular complexity index is 1540. The molecule has 3 aromatic rings. The van der Waals surface area contributed by atoms with Crippen molar-refractivity contribution in [3.8, 4) is 5.75 Å². The molecular formula is C32H43F3N4O7S. The number of aliphatic hydroxyl groups is 1. The van der Waals surface area contributed by atoms with Gasteiger partial charge in [0.25, 0.3) is 0 Å². The molecule has 260 valence electrons. The number of amides is 1. The molecule has 11 nitrogen and oxygen atoms in total. The van der Waals surface area contributed by atoms with Crippen molar-refractivity contribution >= 4 is 32.8 Å². The van der Waals surface area contributed by atoms with Gasteiger partial charge in [0.15, 0.2) is 0 Å². The molecule has 1 saturated carbocycles. The number of benzene rings is 2. The van der Waals surface area contributed by atoms with Crippen LogP contribution in [-0.2, 0) is 26.0 Å². The summed E-state index contributed by atoms with van der Waals surface area (Å²) in [5, 5.41) is 21.4. The Morgan fingerprint density at radius 2 is 1.74 bits per heavy atom. The second kappa shape index (κ2) is 17.5. The summed E-state index contributed by atoms with van der Waals surface area (Å²) >= 11 is 0. The second-order valence-corrected chi connectivity index (χ2v) is 13.4. The van der Waals surface area contributed by atoms with Gasteiger partial charge in [0, 0.05) is 36.2 Å². The van der Waals surface area contributed by atoms with Crippen LogP contribution in [0.25, 0.3) is 10.9 Å². The Morgan fingerprint density at radius 3 is 2.34 bits per heavy atom. The maximum absolute atomic E-state index is 13.7. The van der Waals surface area contributed by atoms with E-state index in [1.54, 1.807) is 24.3 Å². The minimum Gasteiger partial charge on any atom is -0.497 e. The molecule has 0 aliphatic heterocycles. The normalized spacial score (nSPS) is 15.2. The molecular weight excluding hydrogens is 641 g/mol. The summed E-state index contributed by atoms with van der Waals surface area (Å²) in [4.78, 5) is 24.9. The van der Waals surface area contributed by atoms with Crippen LogP contribution in [0.5, 0.6) is 5.75 Å². The van der Waals surface area contributed by atoms with Crippen molar-refractivity contribution in [1.82, 2.24) is 14.6 Å². The Balaban J connectivity index is 0.000000771. The number of hydrogen-bond donors (Lipinski definition) is 5. The lowest BCUT2D eigenvalue weighted by Gasteiger charge is -2.32. The number of nitrogens with two attached hydrogens (primary N) is 1. The standard InChI is InChI=1S/C30H42N4O5S.C2HF3O2/c1-39-25-13-15-26(16-14-25)40(37,38)34(20-22-8-2-3-9-22)24(21-35)10-6-7-17-32-30(36)28(31)18-23-19-33-29-12-5-4-11-27(23)29;3-2(4,5)1(6)7/h4-5,11-16,19,22,24,28,33,35H,2-3,6-10,17-18,20-21,31H2,1H3,(H,32,36);(H,6,7)/t24-,28-;/m0./s1. The van der Waals surface area contributed by atoms with Crippen LogP contribution in [0.15, 0.2) is 59.6 Å². The van der Waals surface area contributed by atoms with E-state index in [2.05, 4.69) is 10.3 Å². The van der Waals surface area contributed by atoms with E-state index >= 15 is 0 Å². The molecule has 6 N–H and O–H groups in total. The Kier molecular flexibility index (Phi) is 14.1. The molecule has 15 heteroatoms. The van der Waals surface area contributed by atoms with Crippen LogP contribution in [0, 0.1) is 5.92 Å².